The minimum absolute atomic E-state index is 0.0415. The molecule has 2 amide bonds. The molecule has 0 spiro atoms. The first-order valence-electron chi connectivity index (χ1n) is 5.80. The standard InChI is InChI=1S/C12H16N2O4/c1-13-6-9(5-11(15)16)7-14(12(13)17)8-10-3-2-4-18-10/h2-4,9H,5-8H2,1H3,(H,15,16). The minimum Gasteiger partial charge on any atom is -0.481 e. The molecule has 6 nitrogen and oxygen atoms in total. The molecule has 1 atom stereocenters. The number of carboxylic acid groups (broad SMARTS) is 1. The third-order valence-electron chi connectivity index (χ3n) is 3.00. The SMILES string of the molecule is CN1CC(CC(=O)O)CN(Cc2ccco2)C1=O. The van der Waals surface area contributed by atoms with E-state index in [-0.39, 0.29) is 18.4 Å². The zero-order valence-electron chi connectivity index (χ0n) is 10.2. The average Bonchev–Trinajstić information content (AvgIpc) is 2.77. The summed E-state index contributed by atoms with van der Waals surface area (Å²) < 4.78 is 5.21. The molecule has 1 fully saturated rings. The number of rotatable bonds is 4. The highest BCUT2D eigenvalue weighted by atomic mass is 16.4. The molecule has 1 aromatic heterocycles. The molecule has 0 aliphatic carbocycles. The van der Waals surface area contributed by atoms with Gasteiger partial charge in [0.2, 0.25) is 0 Å². The Morgan fingerprint density at radius 3 is 2.94 bits per heavy atom. The number of hydrogen-bond acceptors (Lipinski definition) is 3. The summed E-state index contributed by atoms with van der Waals surface area (Å²) in [6.07, 6.45) is 1.63. The molecule has 6 heteroatoms. The second kappa shape index (κ2) is 5.12. The summed E-state index contributed by atoms with van der Waals surface area (Å²) in [5.74, 6) is -0.173. The molecule has 2 heterocycles. The number of carboxylic acids is 1. The van der Waals surface area contributed by atoms with Crippen molar-refractivity contribution in [1.82, 2.24) is 9.80 Å². The van der Waals surface area contributed by atoms with Crippen molar-refractivity contribution in [2.24, 2.45) is 5.92 Å². The third kappa shape index (κ3) is 2.82. The number of furan rings is 1. The average molecular weight is 252 g/mol. The van der Waals surface area contributed by atoms with Crippen LogP contribution in [0.3, 0.4) is 0 Å². The highest BCUT2D eigenvalue weighted by molar-refractivity contribution is 5.75. The summed E-state index contributed by atoms with van der Waals surface area (Å²) in [6, 6.07) is 3.48. The molecule has 0 bridgehead atoms. The highest BCUT2D eigenvalue weighted by Gasteiger charge is 2.31. The first kappa shape index (κ1) is 12.5. The summed E-state index contributed by atoms with van der Waals surface area (Å²) >= 11 is 0. The molecule has 98 valence electrons. The van der Waals surface area contributed by atoms with E-state index in [2.05, 4.69) is 0 Å². The zero-order valence-corrected chi connectivity index (χ0v) is 10.2. The zero-order chi connectivity index (χ0) is 13.1. The highest BCUT2D eigenvalue weighted by Crippen LogP contribution is 2.18. The van der Waals surface area contributed by atoms with Crippen molar-refractivity contribution < 1.29 is 19.1 Å². The Kier molecular flexibility index (Phi) is 3.55. The Labute approximate surface area is 105 Å². The smallest absolute Gasteiger partial charge is 0.320 e. The van der Waals surface area contributed by atoms with E-state index in [1.807, 2.05) is 0 Å². The van der Waals surface area contributed by atoms with Crippen molar-refractivity contribution in [3.8, 4) is 0 Å². The van der Waals surface area contributed by atoms with Crippen molar-refractivity contribution in [3.05, 3.63) is 24.2 Å². The molecule has 1 unspecified atom stereocenters. The maximum Gasteiger partial charge on any atom is 0.320 e. The van der Waals surface area contributed by atoms with E-state index < -0.39 is 5.97 Å². The van der Waals surface area contributed by atoms with Gasteiger partial charge in [-0.25, -0.2) is 4.79 Å². The normalized spacial score (nSPS) is 20.3. The predicted octanol–water partition coefficient (Wildman–Crippen LogP) is 1.24. The van der Waals surface area contributed by atoms with E-state index in [4.69, 9.17) is 9.52 Å². The number of urea groups is 1. The number of aliphatic carboxylic acids is 1. The van der Waals surface area contributed by atoms with E-state index >= 15 is 0 Å². The van der Waals surface area contributed by atoms with Gasteiger partial charge in [0.05, 0.1) is 19.2 Å². The topological polar surface area (TPSA) is 74.0 Å². The van der Waals surface area contributed by atoms with Crippen LogP contribution < -0.4 is 0 Å². The van der Waals surface area contributed by atoms with Gasteiger partial charge < -0.3 is 19.3 Å². The van der Waals surface area contributed by atoms with Crippen LogP contribution in [0.5, 0.6) is 0 Å². The van der Waals surface area contributed by atoms with Crippen molar-refractivity contribution in [2.45, 2.75) is 13.0 Å². The second-order valence-electron chi connectivity index (χ2n) is 4.59. The van der Waals surface area contributed by atoms with E-state index in [0.717, 1.165) is 0 Å². The second-order valence-corrected chi connectivity index (χ2v) is 4.59. The molecule has 0 radical (unpaired) electrons. The fraction of sp³-hybridized carbons (Fsp3) is 0.500. The molecule has 18 heavy (non-hydrogen) atoms. The van der Waals surface area contributed by atoms with Gasteiger partial charge in [-0.2, -0.15) is 0 Å². The van der Waals surface area contributed by atoms with Crippen LogP contribution in [0.25, 0.3) is 0 Å². The summed E-state index contributed by atoms with van der Waals surface area (Å²) in [4.78, 5) is 25.9. The number of carbonyl (C=O) groups is 2. The monoisotopic (exact) mass is 252 g/mol. The lowest BCUT2D eigenvalue weighted by Gasteiger charge is -2.37. The summed E-state index contributed by atoms with van der Waals surface area (Å²) in [5, 5.41) is 8.82. The summed E-state index contributed by atoms with van der Waals surface area (Å²) in [7, 11) is 1.69. The van der Waals surface area contributed by atoms with Gasteiger partial charge in [-0.05, 0) is 12.1 Å². The molecular formula is C12H16N2O4. The fourth-order valence-corrected chi connectivity index (χ4v) is 2.25. The van der Waals surface area contributed by atoms with Crippen molar-refractivity contribution in [3.63, 3.8) is 0 Å². The van der Waals surface area contributed by atoms with Gasteiger partial charge >= 0.3 is 12.0 Å². The summed E-state index contributed by atoms with van der Waals surface area (Å²) in [6.45, 7) is 1.32. The van der Waals surface area contributed by atoms with Gasteiger partial charge in [0.25, 0.3) is 0 Å². The molecular weight excluding hydrogens is 236 g/mol. The van der Waals surface area contributed by atoms with Crippen LogP contribution >= 0.6 is 0 Å². The molecule has 0 saturated carbocycles. The van der Waals surface area contributed by atoms with Crippen LogP contribution in [-0.4, -0.2) is 47.0 Å². The molecule has 1 aliphatic rings. The van der Waals surface area contributed by atoms with E-state index in [0.29, 0.717) is 25.4 Å². The molecule has 1 saturated heterocycles. The van der Waals surface area contributed by atoms with Crippen molar-refractivity contribution in [2.75, 3.05) is 20.1 Å². The molecule has 1 N–H and O–H groups in total. The Balaban J connectivity index is 2.02. The lowest BCUT2D eigenvalue weighted by atomic mass is 10.0. The molecule has 2 rings (SSSR count). The van der Waals surface area contributed by atoms with Crippen LogP contribution in [0.4, 0.5) is 4.79 Å². The van der Waals surface area contributed by atoms with Crippen LogP contribution in [0.2, 0.25) is 0 Å². The van der Waals surface area contributed by atoms with E-state index in [9.17, 15) is 9.59 Å². The van der Waals surface area contributed by atoms with Gasteiger partial charge in [-0.15, -0.1) is 0 Å². The van der Waals surface area contributed by atoms with Gasteiger partial charge in [-0.1, -0.05) is 0 Å². The number of nitrogens with zero attached hydrogens (tertiary/aromatic N) is 2. The Morgan fingerprint density at radius 1 is 1.56 bits per heavy atom. The number of amides is 2. The van der Waals surface area contributed by atoms with E-state index in [1.165, 1.54) is 0 Å². The van der Waals surface area contributed by atoms with Gasteiger partial charge in [0, 0.05) is 26.1 Å². The lowest BCUT2D eigenvalue weighted by Crippen LogP contribution is -2.51. The first-order chi connectivity index (χ1) is 8.56. The van der Waals surface area contributed by atoms with Crippen LogP contribution in [0.1, 0.15) is 12.2 Å². The van der Waals surface area contributed by atoms with Crippen LogP contribution in [0, 0.1) is 5.92 Å². The first-order valence-corrected chi connectivity index (χ1v) is 5.80. The minimum atomic E-state index is -0.833. The maximum atomic E-state index is 11.9. The van der Waals surface area contributed by atoms with Crippen LogP contribution in [-0.2, 0) is 11.3 Å². The lowest BCUT2D eigenvalue weighted by molar-refractivity contribution is -0.138. The van der Waals surface area contributed by atoms with Gasteiger partial charge in [-0.3, -0.25) is 4.79 Å². The molecule has 0 aromatic carbocycles. The Bertz CT molecular complexity index is 429. The molecule has 1 aromatic rings. The van der Waals surface area contributed by atoms with Gasteiger partial charge in [0.15, 0.2) is 0 Å². The fourth-order valence-electron chi connectivity index (χ4n) is 2.25. The Hall–Kier alpha value is -1.98. The quantitative estimate of drug-likeness (QED) is 0.874. The van der Waals surface area contributed by atoms with Crippen LogP contribution in [0.15, 0.2) is 22.8 Å². The predicted molar refractivity (Wildman–Crippen MR) is 62.9 cm³/mol. The number of carbonyl (C=O) groups excluding carboxylic acids is 1. The maximum absolute atomic E-state index is 11.9. The largest absolute Gasteiger partial charge is 0.481 e. The van der Waals surface area contributed by atoms with Gasteiger partial charge in [0.1, 0.15) is 5.76 Å². The molecule has 1 aliphatic heterocycles. The summed E-state index contributed by atoms with van der Waals surface area (Å²) in [5.41, 5.74) is 0. The Morgan fingerprint density at radius 2 is 2.33 bits per heavy atom. The third-order valence-corrected chi connectivity index (χ3v) is 3.00. The van der Waals surface area contributed by atoms with E-state index in [1.54, 1.807) is 35.2 Å². The van der Waals surface area contributed by atoms with Crippen molar-refractivity contribution >= 4 is 12.0 Å². The van der Waals surface area contributed by atoms with Crippen molar-refractivity contribution in [1.29, 1.82) is 0 Å². The number of hydrogen-bond donors (Lipinski definition) is 1.